The van der Waals surface area contributed by atoms with Crippen LogP contribution in [0, 0.1) is 6.92 Å². The fourth-order valence-corrected chi connectivity index (χ4v) is 6.68. The molecule has 0 unspecified atom stereocenters. The number of fused-ring (bicyclic) bond motifs is 1. The molecule has 1 fully saturated rings. The molecule has 4 aromatic rings. The number of thiocarbonyl (C=S) groups is 1. The lowest BCUT2D eigenvalue weighted by molar-refractivity contribution is 0.0746. The second-order valence-electron chi connectivity index (χ2n) is 9.05. The maximum absolute atomic E-state index is 12.9. The molecule has 39 heavy (non-hydrogen) atoms. The Kier molecular flexibility index (Phi) is 8.30. The van der Waals surface area contributed by atoms with E-state index in [9.17, 15) is 9.59 Å². The van der Waals surface area contributed by atoms with Crippen molar-refractivity contribution >= 4 is 96.7 Å². The average Bonchev–Trinajstić information content (AvgIpc) is 3.24. The van der Waals surface area contributed by atoms with Gasteiger partial charge in [0.1, 0.15) is 4.88 Å². The Morgan fingerprint density at radius 1 is 0.949 bits per heavy atom. The summed E-state index contributed by atoms with van der Waals surface area (Å²) in [5.74, 6) is -0.356. The number of aryl methyl sites for hydroxylation is 1. The van der Waals surface area contributed by atoms with Gasteiger partial charge in [0, 0.05) is 52.5 Å². The van der Waals surface area contributed by atoms with E-state index in [1.165, 1.54) is 11.3 Å². The average molecular weight is 618 g/mol. The van der Waals surface area contributed by atoms with Gasteiger partial charge in [-0.2, -0.15) is 0 Å². The maximum Gasteiger partial charge on any atom is 0.269 e. The molecule has 1 aliphatic heterocycles. The molecule has 2 amide bonds. The monoisotopic (exact) mass is 616 g/mol. The summed E-state index contributed by atoms with van der Waals surface area (Å²) < 4.78 is 0.819. The molecule has 0 spiro atoms. The number of amides is 2. The lowest BCUT2D eigenvalue weighted by Crippen LogP contribution is -2.49. The van der Waals surface area contributed by atoms with E-state index >= 15 is 0 Å². The number of halogens is 3. The van der Waals surface area contributed by atoms with Crippen LogP contribution in [0.3, 0.4) is 0 Å². The van der Waals surface area contributed by atoms with Crippen LogP contribution in [-0.4, -0.2) is 48.0 Å². The summed E-state index contributed by atoms with van der Waals surface area (Å²) in [6.07, 6.45) is 0. The number of hydrogen-bond donors (Lipinski definition) is 2. The van der Waals surface area contributed by atoms with Crippen LogP contribution in [0.25, 0.3) is 10.1 Å². The zero-order valence-electron chi connectivity index (χ0n) is 20.8. The fraction of sp³-hybridized carbons (Fsp3) is 0.179. The van der Waals surface area contributed by atoms with Gasteiger partial charge in [0.05, 0.1) is 15.7 Å². The van der Waals surface area contributed by atoms with Crippen molar-refractivity contribution in [2.24, 2.45) is 0 Å². The predicted octanol–water partition coefficient (Wildman–Crippen LogP) is 7.26. The minimum Gasteiger partial charge on any atom is -0.367 e. The molecule has 1 aromatic heterocycles. The number of carbonyl (C=O) groups excluding carboxylic acids is 2. The van der Waals surface area contributed by atoms with Crippen LogP contribution in [0.5, 0.6) is 0 Å². The van der Waals surface area contributed by atoms with Gasteiger partial charge in [-0.05, 0) is 61.1 Å². The van der Waals surface area contributed by atoms with Gasteiger partial charge in [-0.3, -0.25) is 14.9 Å². The van der Waals surface area contributed by atoms with Crippen molar-refractivity contribution < 1.29 is 9.59 Å². The van der Waals surface area contributed by atoms with E-state index in [1.54, 1.807) is 24.3 Å². The highest BCUT2D eigenvalue weighted by atomic mass is 35.5. The van der Waals surface area contributed by atoms with E-state index in [2.05, 4.69) is 15.5 Å². The van der Waals surface area contributed by atoms with Gasteiger partial charge in [0.15, 0.2) is 5.11 Å². The molecular formula is C28H23Cl3N4O2S2. The van der Waals surface area contributed by atoms with Gasteiger partial charge in [-0.1, -0.05) is 59.1 Å². The van der Waals surface area contributed by atoms with Crippen molar-refractivity contribution in [2.45, 2.75) is 6.92 Å². The standard InChI is InChI=1S/C28H23Cl3N4O2S2/c1-16-4-2-3-5-19(16)27(37)35-12-10-34(11-13-35)22-9-7-18(15-21(22)30)32-28(38)33-26(36)25-24(31)20-8-6-17(29)14-23(20)39-25/h2-9,14-15H,10-13H2,1H3,(H2,32,33,36,38). The molecule has 2 N–H and O–H groups in total. The molecule has 3 aromatic carbocycles. The minimum absolute atomic E-state index is 0.0506. The van der Waals surface area contributed by atoms with E-state index in [1.807, 2.05) is 48.2 Å². The van der Waals surface area contributed by atoms with Gasteiger partial charge in [-0.25, -0.2) is 0 Å². The van der Waals surface area contributed by atoms with Crippen LogP contribution in [0.15, 0.2) is 60.7 Å². The van der Waals surface area contributed by atoms with E-state index < -0.39 is 5.91 Å². The SMILES string of the molecule is Cc1ccccc1C(=O)N1CCN(c2ccc(NC(=S)NC(=O)c3sc4cc(Cl)ccc4c3Cl)cc2Cl)CC1. The number of rotatable bonds is 4. The molecule has 2 heterocycles. The first-order valence-electron chi connectivity index (χ1n) is 12.1. The summed E-state index contributed by atoms with van der Waals surface area (Å²) in [5, 5.41) is 8.04. The van der Waals surface area contributed by atoms with E-state index in [-0.39, 0.29) is 11.0 Å². The normalized spacial score (nSPS) is 13.4. The van der Waals surface area contributed by atoms with Crippen LogP contribution in [0.4, 0.5) is 11.4 Å². The van der Waals surface area contributed by atoms with E-state index in [4.69, 9.17) is 47.0 Å². The van der Waals surface area contributed by atoms with E-state index in [0.717, 1.165) is 26.9 Å². The number of benzene rings is 3. The van der Waals surface area contributed by atoms with Crippen molar-refractivity contribution in [1.29, 1.82) is 0 Å². The lowest BCUT2D eigenvalue weighted by atomic mass is 10.1. The summed E-state index contributed by atoms with van der Waals surface area (Å²) in [6.45, 7) is 4.49. The summed E-state index contributed by atoms with van der Waals surface area (Å²) in [4.78, 5) is 30.2. The topological polar surface area (TPSA) is 64.7 Å². The Labute approximate surface area is 250 Å². The number of hydrogen-bond acceptors (Lipinski definition) is 5. The number of thiophene rings is 1. The summed E-state index contributed by atoms with van der Waals surface area (Å²) in [7, 11) is 0. The molecule has 5 rings (SSSR count). The summed E-state index contributed by atoms with van der Waals surface area (Å²) in [6, 6.07) is 18.4. The van der Waals surface area contributed by atoms with Gasteiger partial charge < -0.3 is 15.1 Å². The fourth-order valence-electron chi connectivity index (χ4n) is 4.48. The second kappa shape index (κ2) is 11.7. The third kappa shape index (κ3) is 6.00. The first-order valence-corrected chi connectivity index (χ1v) is 14.5. The van der Waals surface area contributed by atoms with Crippen molar-refractivity contribution in [1.82, 2.24) is 10.2 Å². The molecule has 0 radical (unpaired) electrons. The summed E-state index contributed by atoms with van der Waals surface area (Å²) >= 11 is 25.7. The van der Waals surface area contributed by atoms with Crippen LogP contribution < -0.4 is 15.5 Å². The van der Waals surface area contributed by atoms with Crippen molar-refractivity contribution in [3.05, 3.63) is 91.7 Å². The molecule has 11 heteroatoms. The Hall–Kier alpha value is -2.88. The Morgan fingerprint density at radius 2 is 1.69 bits per heavy atom. The van der Waals surface area contributed by atoms with Crippen molar-refractivity contribution in [3.63, 3.8) is 0 Å². The Bertz CT molecular complexity index is 1600. The highest BCUT2D eigenvalue weighted by Crippen LogP contribution is 2.36. The molecule has 0 atom stereocenters. The highest BCUT2D eigenvalue weighted by Gasteiger charge is 2.24. The Balaban J connectivity index is 1.19. The second-order valence-corrected chi connectivity index (χ2v) is 11.7. The number of piperazine rings is 1. The van der Waals surface area contributed by atoms with Crippen LogP contribution in [0.1, 0.15) is 25.6 Å². The zero-order chi connectivity index (χ0) is 27.7. The van der Waals surface area contributed by atoms with Gasteiger partial charge >= 0.3 is 0 Å². The van der Waals surface area contributed by atoms with Crippen molar-refractivity contribution in [2.75, 3.05) is 36.4 Å². The Morgan fingerprint density at radius 3 is 2.41 bits per heavy atom. The molecule has 0 aliphatic carbocycles. The van der Waals surface area contributed by atoms with Crippen molar-refractivity contribution in [3.8, 4) is 0 Å². The number of anilines is 2. The van der Waals surface area contributed by atoms with Crippen LogP contribution in [0.2, 0.25) is 15.1 Å². The van der Waals surface area contributed by atoms with Crippen LogP contribution in [-0.2, 0) is 0 Å². The molecule has 0 bridgehead atoms. The minimum atomic E-state index is -0.407. The van der Waals surface area contributed by atoms with E-state index in [0.29, 0.717) is 51.8 Å². The predicted molar refractivity (Wildman–Crippen MR) is 166 cm³/mol. The largest absolute Gasteiger partial charge is 0.367 e. The molecule has 0 saturated carbocycles. The number of nitrogens with one attached hydrogen (secondary N) is 2. The lowest BCUT2D eigenvalue weighted by Gasteiger charge is -2.36. The third-order valence-electron chi connectivity index (χ3n) is 6.51. The smallest absolute Gasteiger partial charge is 0.269 e. The van der Waals surface area contributed by atoms with Crippen LogP contribution >= 0.6 is 58.4 Å². The molecule has 1 aliphatic rings. The number of nitrogens with zero attached hydrogens (tertiary/aromatic N) is 2. The molecule has 200 valence electrons. The number of carbonyl (C=O) groups is 2. The van der Waals surface area contributed by atoms with Gasteiger partial charge in [-0.15, -0.1) is 11.3 Å². The first-order chi connectivity index (χ1) is 18.7. The van der Waals surface area contributed by atoms with Gasteiger partial charge in [0.25, 0.3) is 11.8 Å². The third-order valence-corrected chi connectivity index (χ3v) is 8.91. The first kappa shape index (κ1) is 27.7. The van der Waals surface area contributed by atoms with Gasteiger partial charge in [0.2, 0.25) is 0 Å². The quantitative estimate of drug-likeness (QED) is 0.236. The summed E-state index contributed by atoms with van der Waals surface area (Å²) in [5.41, 5.74) is 3.22. The molecule has 6 nitrogen and oxygen atoms in total. The molecular weight excluding hydrogens is 595 g/mol. The zero-order valence-corrected chi connectivity index (χ0v) is 24.7. The highest BCUT2D eigenvalue weighted by molar-refractivity contribution is 7.80. The molecule has 1 saturated heterocycles. The maximum atomic E-state index is 12.9.